The normalized spacial score (nSPS) is 19.0. The molecule has 0 aliphatic carbocycles. The molecule has 1 saturated heterocycles. The van der Waals surface area contributed by atoms with E-state index in [0.29, 0.717) is 12.6 Å². The fourth-order valence-corrected chi connectivity index (χ4v) is 2.01. The van der Waals surface area contributed by atoms with Gasteiger partial charge in [0.25, 0.3) is 0 Å². The maximum atomic E-state index is 5.73. The van der Waals surface area contributed by atoms with Crippen molar-refractivity contribution in [1.82, 2.24) is 10.2 Å². The number of nitrogens with one attached hydrogen (secondary N) is 1. The molecule has 0 aromatic carbocycles. The van der Waals surface area contributed by atoms with Gasteiger partial charge in [0.2, 0.25) is 0 Å². The highest BCUT2D eigenvalue weighted by molar-refractivity contribution is 5.77. The summed E-state index contributed by atoms with van der Waals surface area (Å²) in [5.74, 6) is 0.525. The van der Waals surface area contributed by atoms with Gasteiger partial charge in [0.15, 0.2) is 5.96 Å². The molecule has 0 spiro atoms. The Morgan fingerprint density at radius 1 is 1.29 bits per heavy atom. The molecule has 0 aromatic heterocycles. The molecule has 3 N–H and O–H groups in total. The number of methoxy groups -OCH3 is 1. The zero-order valence-corrected chi connectivity index (χ0v) is 11.0. The van der Waals surface area contributed by atoms with Crippen LogP contribution in [0.2, 0.25) is 0 Å². The van der Waals surface area contributed by atoms with Crippen LogP contribution in [-0.4, -0.2) is 57.3 Å². The van der Waals surface area contributed by atoms with E-state index in [1.165, 1.54) is 38.8 Å². The molecule has 0 saturated carbocycles. The van der Waals surface area contributed by atoms with E-state index < -0.39 is 0 Å². The SMILES string of the molecule is COCCNC(N)=NCCN1CCCCCC1. The Hall–Kier alpha value is -0.810. The highest BCUT2D eigenvalue weighted by Crippen LogP contribution is 2.08. The minimum absolute atomic E-state index is 0.525. The monoisotopic (exact) mass is 242 g/mol. The summed E-state index contributed by atoms with van der Waals surface area (Å²) in [7, 11) is 1.67. The summed E-state index contributed by atoms with van der Waals surface area (Å²) in [6.45, 7) is 5.61. The first-order valence-corrected chi connectivity index (χ1v) is 6.58. The van der Waals surface area contributed by atoms with E-state index >= 15 is 0 Å². The zero-order valence-electron chi connectivity index (χ0n) is 11.0. The highest BCUT2D eigenvalue weighted by atomic mass is 16.5. The lowest BCUT2D eigenvalue weighted by Crippen LogP contribution is -2.35. The van der Waals surface area contributed by atoms with Crippen LogP contribution in [0.5, 0.6) is 0 Å². The molecule has 0 atom stereocenters. The van der Waals surface area contributed by atoms with Crippen LogP contribution in [0.1, 0.15) is 25.7 Å². The number of ether oxygens (including phenoxy) is 1. The molecular formula is C12H26N4O. The van der Waals surface area contributed by atoms with Crippen LogP contribution in [0.15, 0.2) is 4.99 Å². The van der Waals surface area contributed by atoms with Crippen molar-refractivity contribution < 1.29 is 4.74 Å². The largest absolute Gasteiger partial charge is 0.383 e. The molecule has 1 aliphatic heterocycles. The van der Waals surface area contributed by atoms with Crippen molar-refractivity contribution in [1.29, 1.82) is 0 Å². The average Bonchev–Trinajstić information content (AvgIpc) is 2.58. The van der Waals surface area contributed by atoms with Crippen LogP contribution in [-0.2, 0) is 4.74 Å². The van der Waals surface area contributed by atoms with Crippen molar-refractivity contribution in [2.45, 2.75) is 25.7 Å². The summed E-state index contributed by atoms with van der Waals surface area (Å²) in [4.78, 5) is 6.79. The second-order valence-electron chi connectivity index (χ2n) is 4.44. The first-order valence-electron chi connectivity index (χ1n) is 6.58. The third-order valence-electron chi connectivity index (χ3n) is 3.01. The van der Waals surface area contributed by atoms with Crippen molar-refractivity contribution in [3.63, 3.8) is 0 Å². The predicted octanol–water partition coefficient (Wildman–Crippen LogP) is 0.413. The van der Waals surface area contributed by atoms with E-state index in [1.54, 1.807) is 7.11 Å². The van der Waals surface area contributed by atoms with Gasteiger partial charge in [0, 0.05) is 20.2 Å². The Morgan fingerprint density at radius 3 is 2.65 bits per heavy atom. The van der Waals surface area contributed by atoms with Gasteiger partial charge in [-0.05, 0) is 25.9 Å². The first kappa shape index (κ1) is 14.3. The molecule has 5 heteroatoms. The van der Waals surface area contributed by atoms with Crippen LogP contribution in [0.4, 0.5) is 0 Å². The number of nitrogens with zero attached hydrogens (tertiary/aromatic N) is 2. The summed E-state index contributed by atoms with van der Waals surface area (Å²) >= 11 is 0. The van der Waals surface area contributed by atoms with E-state index in [-0.39, 0.29) is 0 Å². The van der Waals surface area contributed by atoms with Crippen molar-refractivity contribution in [3.8, 4) is 0 Å². The third kappa shape index (κ3) is 7.18. The standard InChI is InChI=1S/C12H26N4O/c1-17-11-7-15-12(13)14-6-10-16-8-4-2-3-5-9-16/h2-11H2,1H3,(H3,13,14,15). The fraction of sp³-hybridized carbons (Fsp3) is 0.917. The topological polar surface area (TPSA) is 62.9 Å². The van der Waals surface area contributed by atoms with Gasteiger partial charge in [-0.25, -0.2) is 0 Å². The molecular weight excluding hydrogens is 216 g/mol. The Labute approximate surface area is 104 Å². The van der Waals surface area contributed by atoms with Gasteiger partial charge in [0.1, 0.15) is 0 Å². The maximum absolute atomic E-state index is 5.73. The van der Waals surface area contributed by atoms with Crippen molar-refractivity contribution in [2.75, 3.05) is 46.4 Å². The summed E-state index contributed by atoms with van der Waals surface area (Å²) in [5.41, 5.74) is 5.73. The Morgan fingerprint density at radius 2 is 2.00 bits per heavy atom. The van der Waals surface area contributed by atoms with Crippen molar-refractivity contribution in [2.24, 2.45) is 10.7 Å². The van der Waals surface area contributed by atoms with E-state index in [1.807, 2.05) is 0 Å². The van der Waals surface area contributed by atoms with Gasteiger partial charge in [-0.1, -0.05) is 12.8 Å². The van der Waals surface area contributed by atoms with Crippen LogP contribution >= 0.6 is 0 Å². The Kier molecular flexibility index (Phi) is 7.75. The number of nitrogens with two attached hydrogens (primary N) is 1. The third-order valence-corrected chi connectivity index (χ3v) is 3.01. The average molecular weight is 242 g/mol. The summed E-state index contributed by atoms with van der Waals surface area (Å²) < 4.78 is 4.92. The van der Waals surface area contributed by atoms with Crippen molar-refractivity contribution in [3.05, 3.63) is 0 Å². The number of hydrogen-bond donors (Lipinski definition) is 2. The number of rotatable bonds is 6. The minimum atomic E-state index is 0.525. The van der Waals surface area contributed by atoms with Crippen LogP contribution in [0.25, 0.3) is 0 Å². The van der Waals surface area contributed by atoms with Gasteiger partial charge < -0.3 is 20.7 Å². The van der Waals surface area contributed by atoms with E-state index in [9.17, 15) is 0 Å². The maximum Gasteiger partial charge on any atom is 0.188 e. The number of guanidine groups is 1. The number of aliphatic imine (C=N–C) groups is 1. The van der Waals surface area contributed by atoms with Gasteiger partial charge in [-0.3, -0.25) is 4.99 Å². The molecule has 1 rings (SSSR count). The van der Waals surface area contributed by atoms with Gasteiger partial charge >= 0.3 is 0 Å². The van der Waals surface area contributed by atoms with Crippen LogP contribution in [0.3, 0.4) is 0 Å². The van der Waals surface area contributed by atoms with Gasteiger partial charge in [0.05, 0.1) is 13.2 Å². The smallest absolute Gasteiger partial charge is 0.188 e. The molecule has 0 amide bonds. The van der Waals surface area contributed by atoms with Crippen LogP contribution < -0.4 is 11.1 Å². The molecule has 1 fully saturated rings. The molecule has 100 valence electrons. The van der Waals surface area contributed by atoms with E-state index in [2.05, 4.69) is 15.2 Å². The number of likely N-dealkylation sites (tertiary alicyclic amines) is 1. The lowest BCUT2D eigenvalue weighted by molar-refractivity contribution is 0.204. The lowest BCUT2D eigenvalue weighted by atomic mass is 10.2. The minimum Gasteiger partial charge on any atom is -0.383 e. The molecule has 0 unspecified atom stereocenters. The van der Waals surface area contributed by atoms with Crippen LogP contribution in [0, 0.1) is 0 Å². The second kappa shape index (κ2) is 9.24. The lowest BCUT2D eigenvalue weighted by Gasteiger charge is -2.18. The number of hydrogen-bond acceptors (Lipinski definition) is 3. The van der Waals surface area contributed by atoms with Crippen molar-refractivity contribution >= 4 is 5.96 Å². The summed E-state index contributed by atoms with van der Waals surface area (Å²) in [6, 6.07) is 0. The fourth-order valence-electron chi connectivity index (χ4n) is 2.01. The highest BCUT2D eigenvalue weighted by Gasteiger charge is 2.07. The summed E-state index contributed by atoms with van der Waals surface area (Å²) in [5, 5.41) is 3.02. The molecule has 1 aliphatic rings. The molecule has 0 radical (unpaired) electrons. The Bertz CT molecular complexity index is 213. The molecule has 0 aromatic rings. The zero-order chi connectivity index (χ0) is 12.3. The van der Waals surface area contributed by atoms with Gasteiger partial charge in [-0.2, -0.15) is 0 Å². The second-order valence-corrected chi connectivity index (χ2v) is 4.44. The van der Waals surface area contributed by atoms with E-state index in [0.717, 1.165) is 19.6 Å². The molecule has 17 heavy (non-hydrogen) atoms. The molecule has 0 bridgehead atoms. The molecule has 5 nitrogen and oxygen atoms in total. The predicted molar refractivity (Wildman–Crippen MR) is 71.3 cm³/mol. The van der Waals surface area contributed by atoms with Gasteiger partial charge in [-0.15, -0.1) is 0 Å². The Balaban J connectivity index is 2.09. The first-order chi connectivity index (χ1) is 8.33. The molecule has 1 heterocycles. The van der Waals surface area contributed by atoms with E-state index in [4.69, 9.17) is 10.5 Å². The summed E-state index contributed by atoms with van der Waals surface area (Å²) in [6.07, 6.45) is 5.40. The quantitative estimate of drug-likeness (QED) is 0.402.